The Morgan fingerprint density at radius 1 is 0.598 bits per heavy atom. The number of methoxy groups -OCH3 is 1. The molecule has 0 aliphatic carbocycles. The molecule has 3 N–H and O–H groups in total. The molecule has 0 spiro atoms. The van der Waals surface area contributed by atoms with Crippen molar-refractivity contribution in [1.82, 2.24) is 0 Å². The normalized spacial score (nSPS) is 11.8. The largest absolute Gasteiger partial charge is 2.00 e. The molecule has 13 nitrogen and oxygen atoms in total. The summed E-state index contributed by atoms with van der Waals surface area (Å²) >= 11 is 1.19. The zero-order chi connectivity index (χ0) is 60.5. The summed E-state index contributed by atoms with van der Waals surface area (Å²) in [5, 5.41) is 24.4. The maximum Gasteiger partial charge on any atom is 2.00 e. The summed E-state index contributed by atoms with van der Waals surface area (Å²) in [6, 6.07) is 42.2. The van der Waals surface area contributed by atoms with Gasteiger partial charge in [0.25, 0.3) is 0 Å². The number of halogens is 8. The maximum absolute atomic E-state index is 11.3. The van der Waals surface area contributed by atoms with Crippen LogP contribution in [0.3, 0.4) is 0 Å². The molecule has 0 aromatic heterocycles. The predicted molar refractivity (Wildman–Crippen MR) is 338 cm³/mol. The molecule has 7 rings (SSSR count). The van der Waals surface area contributed by atoms with E-state index in [1.54, 1.807) is 32.9 Å². The van der Waals surface area contributed by atoms with Crippen LogP contribution in [0.4, 0.5) is 0 Å². The summed E-state index contributed by atoms with van der Waals surface area (Å²) in [6.45, 7) is 18.1. The van der Waals surface area contributed by atoms with E-state index in [4.69, 9.17) is 94.2 Å². The van der Waals surface area contributed by atoms with Gasteiger partial charge >= 0.3 is 57.8 Å². The van der Waals surface area contributed by atoms with Crippen LogP contribution in [-0.2, 0) is 30.0 Å². The summed E-state index contributed by atoms with van der Waals surface area (Å²) in [6.07, 6.45) is 3.08. The third-order valence-electron chi connectivity index (χ3n) is 10.3. The number of carboxylic acids is 1. The third-order valence-corrected chi connectivity index (χ3v) is 10.3. The van der Waals surface area contributed by atoms with Crippen molar-refractivity contribution < 1.29 is 75.3 Å². The number of para-hydroxylation sites is 4. The number of fused-ring (bicyclic) bond motifs is 2. The van der Waals surface area contributed by atoms with Crippen molar-refractivity contribution in [3.63, 3.8) is 0 Å². The van der Waals surface area contributed by atoms with Gasteiger partial charge in [-0.25, -0.2) is 60.3 Å². The molecule has 2 aliphatic rings. The number of aliphatic carboxylic acids is 1. The molecule has 452 valence electrons. The molecule has 5 aromatic carbocycles. The molecule has 5 aromatic rings. The second-order valence-corrected chi connectivity index (χ2v) is 31.6. The monoisotopic (exact) mass is 1340 g/mol. The van der Waals surface area contributed by atoms with Crippen molar-refractivity contribution in [3.05, 3.63) is 158 Å². The number of carbonyl (C=O) groups excluding carboxylic acids is 3. The van der Waals surface area contributed by atoms with Gasteiger partial charge in [0, 0.05) is 31.6 Å². The van der Waals surface area contributed by atoms with Crippen LogP contribution in [0, 0.1) is 7.43 Å². The van der Waals surface area contributed by atoms with Crippen LogP contribution in [0.2, 0.25) is 0 Å². The van der Waals surface area contributed by atoms with Gasteiger partial charge < -0.3 is 63.6 Å². The zero-order valence-electron chi connectivity index (χ0n) is 48.6. The number of carbonyl (C=O) groups is 4. The first kappa shape index (κ1) is 88.2. The number of aliphatic hydroxyl groups excluding tert-OH is 1. The van der Waals surface area contributed by atoms with E-state index >= 15 is 0 Å². The van der Waals surface area contributed by atoms with Crippen LogP contribution < -0.4 is 36.1 Å². The van der Waals surface area contributed by atoms with Gasteiger partial charge in [-0.3, -0.25) is 19.2 Å². The molecular weight excluding hydrogens is 1270 g/mol. The van der Waals surface area contributed by atoms with Crippen LogP contribution in [0.1, 0.15) is 109 Å². The molecule has 0 amide bonds. The Balaban J connectivity index is -0.000000282. The molecule has 0 bridgehead atoms. The Morgan fingerprint density at radius 2 is 0.939 bits per heavy atom. The smallest absolute Gasteiger partial charge is 1.00 e. The predicted octanol–water partition coefficient (Wildman–Crippen LogP) is 11.9. The number of esters is 1. The van der Waals surface area contributed by atoms with E-state index in [9.17, 15) is 24.3 Å². The van der Waals surface area contributed by atoms with Crippen molar-refractivity contribution in [3.8, 4) is 28.7 Å². The Morgan fingerprint density at radius 3 is 1.29 bits per heavy atom. The number of benzene rings is 5. The van der Waals surface area contributed by atoms with Crippen LogP contribution in [0.5, 0.6) is 28.7 Å². The van der Waals surface area contributed by atoms with Crippen molar-refractivity contribution >= 4 is 141 Å². The second kappa shape index (κ2) is 51.7. The van der Waals surface area contributed by atoms with E-state index in [0.717, 1.165) is 67.3 Å². The number of rotatable bonds is 13. The number of aliphatic hydroxyl groups is 2. The first-order valence-electron chi connectivity index (χ1n) is 24.6. The molecule has 0 fully saturated rings. The number of hydrogen-bond donors (Lipinski definition) is 3. The molecule has 2 heterocycles. The van der Waals surface area contributed by atoms with Gasteiger partial charge in [-0.05, 0) is 122 Å². The molecule has 82 heavy (non-hydrogen) atoms. The molecule has 0 saturated carbocycles. The number of ketones is 1. The summed E-state index contributed by atoms with van der Waals surface area (Å²) in [5.41, 5.74) is 3.02. The van der Waals surface area contributed by atoms with Gasteiger partial charge in [-0.15, -0.1) is 0 Å². The van der Waals surface area contributed by atoms with Gasteiger partial charge in [-0.2, -0.15) is 0 Å². The fourth-order valence-corrected chi connectivity index (χ4v) is 6.24. The van der Waals surface area contributed by atoms with Crippen molar-refractivity contribution in [2.45, 2.75) is 104 Å². The molecular formula is C58H78Al2Cl8MgO13. The Bertz CT molecular complexity index is 2400. The molecule has 2 aliphatic heterocycles. The second-order valence-electron chi connectivity index (χ2n) is 18.2. The van der Waals surface area contributed by atoms with E-state index in [1.165, 1.54) is 19.6 Å². The van der Waals surface area contributed by atoms with Crippen LogP contribution in [0.25, 0.3) is 0 Å². The van der Waals surface area contributed by atoms with Gasteiger partial charge in [0.2, 0.25) is 5.24 Å². The van der Waals surface area contributed by atoms with Gasteiger partial charge in [0.05, 0.1) is 58.6 Å². The fraction of sp³-hybridized carbons (Fsp3) is 0.397. The quantitative estimate of drug-likeness (QED) is 0.0333. The third kappa shape index (κ3) is 48.7. The van der Waals surface area contributed by atoms with Gasteiger partial charge in [-0.1, -0.05) is 100 Å². The number of carboxylic acid groups (broad SMARTS) is 1. The van der Waals surface area contributed by atoms with Crippen molar-refractivity contribution in [2.75, 3.05) is 47.3 Å². The molecule has 0 radical (unpaired) electrons. The number of ether oxygens (including phenoxy) is 6. The average molecular weight is 1350 g/mol. The van der Waals surface area contributed by atoms with Gasteiger partial charge in [0.1, 0.15) is 28.7 Å². The topological polar surface area (TPSA) is 184 Å². The van der Waals surface area contributed by atoms with E-state index in [2.05, 4.69) is 62.2 Å². The van der Waals surface area contributed by atoms with E-state index in [-0.39, 0.29) is 90.2 Å². The summed E-state index contributed by atoms with van der Waals surface area (Å²) in [4.78, 5) is 41.3. The van der Waals surface area contributed by atoms with Crippen LogP contribution in [-0.4, -0.2) is 137 Å². The maximum atomic E-state index is 11.3. The van der Waals surface area contributed by atoms with E-state index < -0.39 is 34.3 Å². The Labute approximate surface area is 548 Å². The molecule has 24 heteroatoms. The van der Waals surface area contributed by atoms with Gasteiger partial charge in [0.15, 0.2) is 5.78 Å². The van der Waals surface area contributed by atoms with E-state index in [0.29, 0.717) is 25.4 Å². The van der Waals surface area contributed by atoms with Crippen molar-refractivity contribution in [2.24, 2.45) is 0 Å². The minimum Gasteiger partial charge on any atom is -1.00 e. The summed E-state index contributed by atoms with van der Waals surface area (Å²) < 4.78 is 31.4. The van der Waals surface area contributed by atoms with Crippen LogP contribution in [0.15, 0.2) is 133 Å². The molecule has 0 unspecified atom stereocenters. The molecule has 0 atom stereocenters. The standard InChI is InChI=1S/C13H16O2.C11H16O2.C11H14O.C10H12O3.C9H10O3.C2H3ClO.CH4O.CH3.2Al.7ClH.Mg/c1-9(14)10-4-5-12-11(8-10)13(2,3)6-7-15-12;1-11(2,12)8-9-13-10-6-4-3-5-7-10;1-11(2)7-8-12-10-6-4-3-5-9(10)11;1-12-10(11)7-8-13-9-5-3-2-4-6-9;10-9(11)6-7-12-8-4-2-1-3-5-8;1-2(3)4;1-2;;;;;;;;;;;/h4-5,8H,6-7H2,1-3H3;3-7,12H,8-9H2,1-2H3;3-6H,7-8H2,1-2H3;2-6H,7-8H2,1H3;1-5H,6-7H2,(H,10,11);1H3;2H,1H3;1H3;;;7*1H;/q;;;;;;;-1;2*+3;;;;;;;;+2/p-7. The van der Waals surface area contributed by atoms with Crippen LogP contribution >= 0.6 is 71.9 Å². The van der Waals surface area contributed by atoms with E-state index in [1.807, 2.05) is 103 Å². The fourth-order valence-electron chi connectivity index (χ4n) is 6.24. The van der Waals surface area contributed by atoms with Crippen molar-refractivity contribution in [1.29, 1.82) is 0 Å². The summed E-state index contributed by atoms with van der Waals surface area (Å²) in [5.74, 6) is 3.34. The minimum absolute atomic E-state index is 0. The first-order chi connectivity index (χ1) is 37.1. The molecule has 0 saturated heterocycles. The average Bonchev–Trinajstić information content (AvgIpc) is 3.38. The first-order valence-corrected chi connectivity index (χ1v) is 35.5. The number of hydrogen-bond acceptors (Lipinski definition) is 12. The Hall–Kier alpha value is -2.55. The number of Topliss-reactive ketones (excluding diaryl/α,β-unsaturated/α-hetero) is 1. The zero-order valence-corrected chi connectivity index (χ0v) is 58.4. The summed E-state index contributed by atoms with van der Waals surface area (Å²) in [7, 11) is 32.0. The minimum atomic E-state index is -1.72. The SMILES string of the molecule is CC(=O)Cl.CC(=O)c1ccc2c(c1)C(C)(C)CCO2.CC(C)(O)CCOc1ccccc1.CC1(C)CCOc2ccccc21.CO.COC(=O)CCOc1ccccc1.O=C(O)CCOc1ccccc1.[CH3-].[Cl-].[Cl][Al]([Cl])[Cl].[Cl][Al]([Cl])[Cl].[Mg+2]. The Kier molecular flexibility index (Phi) is 55.6.